The molecule has 1 saturated heterocycles. The molecule has 148 valence electrons. The van der Waals surface area contributed by atoms with E-state index in [4.69, 9.17) is 9.47 Å². The van der Waals surface area contributed by atoms with Gasteiger partial charge in [0, 0.05) is 38.3 Å². The van der Waals surface area contributed by atoms with Gasteiger partial charge in [0.2, 0.25) is 6.79 Å². The van der Waals surface area contributed by atoms with Crippen molar-refractivity contribution in [3.63, 3.8) is 0 Å². The van der Waals surface area contributed by atoms with Crippen molar-refractivity contribution in [2.24, 2.45) is 0 Å². The first-order valence-corrected chi connectivity index (χ1v) is 9.46. The Hall–Kier alpha value is -2.64. The molecule has 0 aromatic heterocycles. The number of carbonyl (C=O) groups excluding carboxylic acids is 1. The lowest BCUT2D eigenvalue weighted by atomic mass is 10.0. The molecule has 0 unspecified atom stereocenters. The van der Waals surface area contributed by atoms with Crippen LogP contribution in [0.5, 0.6) is 11.5 Å². The molecular formula is C21H24FN3O3. The molecule has 2 aromatic rings. The Labute approximate surface area is 163 Å². The zero-order valence-electron chi connectivity index (χ0n) is 15.9. The van der Waals surface area contributed by atoms with E-state index in [1.807, 2.05) is 18.2 Å². The summed E-state index contributed by atoms with van der Waals surface area (Å²) in [5, 5.41) is 3.00. The quantitative estimate of drug-likeness (QED) is 0.856. The first-order chi connectivity index (χ1) is 13.6. The van der Waals surface area contributed by atoms with E-state index in [-0.39, 0.29) is 24.6 Å². The maximum atomic E-state index is 13.1. The second kappa shape index (κ2) is 8.16. The molecule has 1 atom stereocenters. The molecule has 0 radical (unpaired) electrons. The molecule has 1 fully saturated rings. The van der Waals surface area contributed by atoms with Crippen LogP contribution < -0.4 is 14.8 Å². The number of carbonyl (C=O) groups is 1. The third-order valence-corrected chi connectivity index (χ3v) is 5.32. The lowest BCUT2D eigenvalue weighted by Crippen LogP contribution is -2.48. The molecule has 2 heterocycles. The van der Waals surface area contributed by atoms with E-state index in [2.05, 4.69) is 22.2 Å². The number of fused-ring (bicyclic) bond motifs is 1. The molecule has 2 aliphatic heterocycles. The van der Waals surface area contributed by atoms with Gasteiger partial charge in [-0.25, -0.2) is 4.39 Å². The van der Waals surface area contributed by atoms with Crippen LogP contribution >= 0.6 is 0 Å². The van der Waals surface area contributed by atoms with Gasteiger partial charge in [-0.05, 0) is 49.0 Å². The van der Waals surface area contributed by atoms with Gasteiger partial charge >= 0.3 is 0 Å². The van der Waals surface area contributed by atoms with Crippen molar-refractivity contribution in [2.75, 3.05) is 46.6 Å². The number of rotatable bonds is 5. The Morgan fingerprint density at radius 3 is 2.54 bits per heavy atom. The van der Waals surface area contributed by atoms with E-state index in [1.165, 1.54) is 24.3 Å². The molecule has 0 bridgehead atoms. The summed E-state index contributed by atoms with van der Waals surface area (Å²) in [6.07, 6.45) is 0. The zero-order chi connectivity index (χ0) is 19.5. The summed E-state index contributed by atoms with van der Waals surface area (Å²) >= 11 is 0. The largest absolute Gasteiger partial charge is 0.454 e. The molecule has 0 saturated carbocycles. The summed E-state index contributed by atoms with van der Waals surface area (Å²) in [7, 11) is 2.11. The lowest BCUT2D eigenvalue weighted by Gasteiger charge is -2.38. The van der Waals surface area contributed by atoms with E-state index in [1.54, 1.807) is 0 Å². The Balaban J connectivity index is 1.51. The highest BCUT2D eigenvalue weighted by Gasteiger charge is 2.26. The van der Waals surface area contributed by atoms with Gasteiger partial charge in [-0.15, -0.1) is 0 Å². The van der Waals surface area contributed by atoms with Crippen molar-refractivity contribution in [2.45, 2.75) is 6.04 Å². The number of halogens is 1. The third-order valence-electron chi connectivity index (χ3n) is 5.32. The van der Waals surface area contributed by atoms with Crippen LogP contribution in [0, 0.1) is 5.82 Å². The number of hydrogen-bond donors (Lipinski definition) is 1. The van der Waals surface area contributed by atoms with E-state index in [9.17, 15) is 9.18 Å². The fourth-order valence-corrected chi connectivity index (χ4v) is 3.60. The van der Waals surface area contributed by atoms with Crippen LogP contribution in [0.4, 0.5) is 4.39 Å². The van der Waals surface area contributed by atoms with Gasteiger partial charge in [0.1, 0.15) is 5.82 Å². The monoisotopic (exact) mass is 385 g/mol. The molecular weight excluding hydrogens is 361 g/mol. The SMILES string of the molecule is CN1CCN([C@@H](CNC(=O)c2ccc(F)cc2)c2ccc3c(c2)OCO3)CC1. The van der Waals surface area contributed by atoms with Crippen LogP contribution in [0.2, 0.25) is 0 Å². The van der Waals surface area contributed by atoms with Crippen LogP contribution in [0.3, 0.4) is 0 Å². The van der Waals surface area contributed by atoms with Gasteiger partial charge in [0.15, 0.2) is 11.5 Å². The Kier molecular flexibility index (Phi) is 5.45. The minimum Gasteiger partial charge on any atom is -0.454 e. The van der Waals surface area contributed by atoms with E-state index in [0.29, 0.717) is 12.1 Å². The van der Waals surface area contributed by atoms with Gasteiger partial charge < -0.3 is 19.7 Å². The molecule has 1 N–H and O–H groups in total. The van der Waals surface area contributed by atoms with Crippen molar-refractivity contribution in [1.82, 2.24) is 15.1 Å². The van der Waals surface area contributed by atoms with Gasteiger partial charge in [0.05, 0.1) is 6.04 Å². The number of benzene rings is 2. The Bertz CT molecular complexity index is 835. The Morgan fingerprint density at radius 1 is 1.07 bits per heavy atom. The highest BCUT2D eigenvalue weighted by atomic mass is 19.1. The first-order valence-electron chi connectivity index (χ1n) is 9.46. The molecule has 2 aromatic carbocycles. The van der Waals surface area contributed by atoms with Crippen molar-refractivity contribution in [1.29, 1.82) is 0 Å². The van der Waals surface area contributed by atoms with Crippen molar-refractivity contribution in [3.05, 3.63) is 59.4 Å². The molecule has 0 aliphatic carbocycles. The van der Waals surface area contributed by atoms with Gasteiger partial charge in [-0.2, -0.15) is 0 Å². The van der Waals surface area contributed by atoms with Gasteiger partial charge in [-0.3, -0.25) is 9.69 Å². The van der Waals surface area contributed by atoms with Crippen molar-refractivity contribution < 1.29 is 18.7 Å². The topological polar surface area (TPSA) is 54.0 Å². The average molecular weight is 385 g/mol. The number of hydrogen-bond acceptors (Lipinski definition) is 5. The molecule has 7 heteroatoms. The third kappa shape index (κ3) is 4.10. The second-order valence-electron chi connectivity index (χ2n) is 7.18. The zero-order valence-corrected chi connectivity index (χ0v) is 15.9. The summed E-state index contributed by atoms with van der Waals surface area (Å²) in [6.45, 7) is 4.49. The van der Waals surface area contributed by atoms with Crippen LogP contribution in [-0.2, 0) is 0 Å². The van der Waals surface area contributed by atoms with E-state index in [0.717, 1.165) is 43.2 Å². The standard InChI is InChI=1S/C21H24FN3O3/c1-24-8-10-25(11-9-24)18(16-4-7-19-20(12-16)28-14-27-19)13-23-21(26)15-2-5-17(22)6-3-15/h2-7,12,18H,8-11,13-14H2,1H3,(H,23,26)/t18-/m0/s1. The summed E-state index contributed by atoms with van der Waals surface area (Å²) in [4.78, 5) is 17.2. The normalized spacial score (nSPS) is 18.1. The predicted molar refractivity (Wildman–Crippen MR) is 103 cm³/mol. The van der Waals surface area contributed by atoms with Gasteiger partial charge in [0.25, 0.3) is 5.91 Å². The summed E-state index contributed by atoms with van der Waals surface area (Å²) in [5.41, 5.74) is 1.53. The number of ether oxygens (including phenoxy) is 2. The van der Waals surface area contributed by atoms with Crippen molar-refractivity contribution >= 4 is 5.91 Å². The number of amides is 1. The lowest BCUT2D eigenvalue weighted by molar-refractivity contribution is 0.0886. The number of nitrogens with one attached hydrogen (secondary N) is 1. The van der Waals surface area contributed by atoms with Gasteiger partial charge in [-0.1, -0.05) is 6.07 Å². The average Bonchev–Trinajstić information content (AvgIpc) is 3.18. The summed E-state index contributed by atoms with van der Waals surface area (Å²) in [6, 6.07) is 11.5. The minimum atomic E-state index is -0.354. The smallest absolute Gasteiger partial charge is 0.251 e. The van der Waals surface area contributed by atoms with Crippen molar-refractivity contribution in [3.8, 4) is 11.5 Å². The fraction of sp³-hybridized carbons (Fsp3) is 0.381. The number of likely N-dealkylation sites (N-methyl/N-ethyl adjacent to an activating group) is 1. The Morgan fingerprint density at radius 2 is 1.79 bits per heavy atom. The highest BCUT2D eigenvalue weighted by molar-refractivity contribution is 5.94. The second-order valence-corrected chi connectivity index (χ2v) is 7.18. The minimum absolute atomic E-state index is 0.0209. The number of nitrogens with zero attached hydrogens (tertiary/aromatic N) is 2. The molecule has 2 aliphatic rings. The molecule has 4 rings (SSSR count). The van der Waals surface area contributed by atoms with Crippen LogP contribution in [0.1, 0.15) is 22.0 Å². The highest BCUT2D eigenvalue weighted by Crippen LogP contribution is 2.35. The van der Waals surface area contributed by atoms with Crippen LogP contribution in [0.15, 0.2) is 42.5 Å². The molecule has 1 amide bonds. The summed E-state index contributed by atoms with van der Waals surface area (Å²) < 4.78 is 24.0. The molecule has 6 nitrogen and oxygen atoms in total. The van der Waals surface area contributed by atoms with Crippen LogP contribution in [-0.4, -0.2) is 62.3 Å². The summed E-state index contributed by atoms with van der Waals surface area (Å²) in [5.74, 6) is 0.921. The van der Waals surface area contributed by atoms with Crippen LogP contribution in [0.25, 0.3) is 0 Å². The molecule has 0 spiro atoms. The predicted octanol–water partition coefficient (Wildman–Crippen LogP) is 2.27. The van der Waals surface area contributed by atoms with E-state index >= 15 is 0 Å². The fourth-order valence-electron chi connectivity index (χ4n) is 3.60. The maximum Gasteiger partial charge on any atom is 0.251 e. The number of piperazine rings is 1. The maximum absolute atomic E-state index is 13.1. The molecule has 28 heavy (non-hydrogen) atoms. The first kappa shape index (κ1) is 18.7. The van der Waals surface area contributed by atoms with E-state index < -0.39 is 0 Å².